The van der Waals surface area contributed by atoms with E-state index in [0.29, 0.717) is 5.75 Å². The lowest BCUT2D eigenvalue weighted by Crippen LogP contribution is -2.20. The van der Waals surface area contributed by atoms with Gasteiger partial charge in [0, 0.05) is 11.6 Å². The molecule has 1 rings (SSSR count). The Morgan fingerprint density at radius 1 is 1.19 bits per heavy atom. The van der Waals surface area contributed by atoms with Gasteiger partial charge >= 0.3 is 0 Å². The van der Waals surface area contributed by atoms with Crippen molar-refractivity contribution in [1.29, 1.82) is 0 Å². The molecule has 0 saturated carbocycles. The lowest BCUT2D eigenvalue weighted by Gasteiger charge is -2.23. The number of methoxy groups -OCH3 is 2. The fraction of sp³-hybridized carbons (Fsp3) is 0.500. The molecule has 0 aliphatic heterocycles. The molecule has 0 aromatic heterocycles. The predicted molar refractivity (Wildman–Crippen MR) is 62.9 cm³/mol. The zero-order valence-corrected chi connectivity index (χ0v) is 10.4. The smallest absolute Gasteiger partial charge is 0.136 e. The van der Waals surface area contributed by atoms with Gasteiger partial charge in [0.15, 0.2) is 0 Å². The maximum Gasteiger partial charge on any atom is 0.136 e. The van der Waals surface area contributed by atoms with Crippen LogP contribution in [0.4, 0.5) is 0 Å². The van der Waals surface area contributed by atoms with Crippen molar-refractivity contribution in [3.63, 3.8) is 0 Å². The maximum absolute atomic E-state index is 10.1. The molecule has 0 aliphatic carbocycles. The maximum atomic E-state index is 10.1. The third-order valence-electron chi connectivity index (χ3n) is 2.53. The number of aliphatic hydroxyl groups excluding tert-OH is 1. The molecule has 1 N–H and O–H groups in total. The molecule has 0 aliphatic rings. The third-order valence-corrected chi connectivity index (χ3v) is 2.53. The van der Waals surface area contributed by atoms with Crippen molar-refractivity contribution in [1.82, 2.24) is 4.90 Å². The van der Waals surface area contributed by atoms with Crippen LogP contribution in [-0.4, -0.2) is 38.3 Å². The molecule has 90 valence electrons. The zero-order chi connectivity index (χ0) is 12.3. The van der Waals surface area contributed by atoms with Gasteiger partial charge in [-0.05, 0) is 32.6 Å². The van der Waals surface area contributed by atoms with Crippen LogP contribution >= 0.6 is 0 Å². The average molecular weight is 225 g/mol. The summed E-state index contributed by atoms with van der Waals surface area (Å²) in [5.41, 5.74) is 1.71. The van der Waals surface area contributed by atoms with Gasteiger partial charge in [-0.2, -0.15) is 0 Å². The Kier molecular flexibility index (Phi) is 4.15. The number of nitrogens with zero attached hydrogens (tertiary/aromatic N) is 1. The molecule has 0 spiro atoms. The zero-order valence-electron chi connectivity index (χ0n) is 10.4. The number of aryl methyl sites for hydroxylation is 1. The number of rotatable bonds is 4. The van der Waals surface area contributed by atoms with E-state index in [0.717, 1.165) is 16.9 Å². The molecule has 16 heavy (non-hydrogen) atoms. The van der Waals surface area contributed by atoms with Crippen LogP contribution in [0, 0.1) is 6.92 Å². The van der Waals surface area contributed by atoms with E-state index in [-0.39, 0.29) is 0 Å². The van der Waals surface area contributed by atoms with Gasteiger partial charge in [0.2, 0.25) is 0 Å². The molecule has 0 radical (unpaired) electrons. The first-order valence-corrected chi connectivity index (χ1v) is 5.08. The Balaban J connectivity index is 3.26. The Morgan fingerprint density at radius 3 is 2.25 bits per heavy atom. The van der Waals surface area contributed by atoms with Crippen LogP contribution in [0.25, 0.3) is 0 Å². The summed E-state index contributed by atoms with van der Waals surface area (Å²) in [6.07, 6.45) is -0.680. The number of aliphatic hydroxyl groups is 1. The topological polar surface area (TPSA) is 41.9 Å². The number of benzene rings is 1. The van der Waals surface area contributed by atoms with Crippen LogP contribution in [0.3, 0.4) is 0 Å². The monoisotopic (exact) mass is 225 g/mol. The second-order valence-corrected chi connectivity index (χ2v) is 3.90. The largest absolute Gasteiger partial charge is 0.497 e. The van der Waals surface area contributed by atoms with E-state index < -0.39 is 6.23 Å². The molecular weight excluding hydrogens is 206 g/mol. The molecule has 1 aromatic carbocycles. The van der Waals surface area contributed by atoms with Crippen molar-refractivity contribution in [3.8, 4) is 11.5 Å². The van der Waals surface area contributed by atoms with E-state index in [4.69, 9.17) is 9.47 Å². The summed E-state index contributed by atoms with van der Waals surface area (Å²) in [5.74, 6) is 1.36. The van der Waals surface area contributed by atoms with Gasteiger partial charge in [-0.3, -0.25) is 4.90 Å². The van der Waals surface area contributed by atoms with Crippen LogP contribution < -0.4 is 9.47 Å². The number of hydrogen-bond acceptors (Lipinski definition) is 4. The van der Waals surface area contributed by atoms with Crippen molar-refractivity contribution in [2.75, 3.05) is 28.3 Å². The van der Waals surface area contributed by atoms with E-state index in [1.54, 1.807) is 25.2 Å². The molecule has 0 amide bonds. The summed E-state index contributed by atoms with van der Waals surface area (Å²) in [7, 11) is 6.82. The van der Waals surface area contributed by atoms with Gasteiger partial charge in [-0.25, -0.2) is 0 Å². The van der Waals surface area contributed by atoms with Gasteiger partial charge in [-0.1, -0.05) is 0 Å². The van der Waals surface area contributed by atoms with Gasteiger partial charge in [0.25, 0.3) is 0 Å². The summed E-state index contributed by atoms with van der Waals surface area (Å²) in [4.78, 5) is 1.72. The minimum absolute atomic E-state index is 0.637. The summed E-state index contributed by atoms with van der Waals surface area (Å²) < 4.78 is 10.4. The number of ether oxygens (including phenoxy) is 2. The first kappa shape index (κ1) is 12.8. The van der Waals surface area contributed by atoms with Crippen LogP contribution in [0.2, 0.25) is 0 Å². The number of hydrogen-bond donors (Lipinski definition) is 1. The average Bonchev–Trinajstić information content (AvgIpc) is 2.26. The fourth-order valence-corrected chi connectivity index (χ4v) is 1.61. The van der Waals surface area contributed by atoms with E-state index >= 15 is 0 Å². The van der Waals surface area contributed by atoms with Crippen molar-refractivity contribution >= 4 is 0 Å². The van der Waals surface area contributed by atoms with Crippen molar-refractivity contribution in [2.24, 2.45) is 0 Å². The normalized spacial score (nSPS) is 12.7. The SMILES string of the molecule is COc1cc(C)c(C(O)N(C)C)c(OC)c1. The molecule has 1 aromatic rings. The Morgan fingerprint density at radius 2 is 1.81 bits per heavy atom. The van der Waals surface area contributed by atoms with Crippen LogP contribution in [0.5, 0.6) is 11.5 Å². The van der Waals surface area contributed by atoms with E-state index in [2.05, 4.69) is 0 Å². The van der Waals surface area contributed by atoms with Crippen LogP contribution in [0.1, 0.15) is 17.4 Å². The summed E-state index contributed by atoms with van der Waals surface area (Å²) >= 11 is 0. The molecular formula is C12H19NO3. The Bertz CT molecular complexity index is 364. The highest BCUT2D eigenvalue weighted by atomic mass is 16.5. The second-order valence-electron chi connectivity index (χ2n) is 3.90. The standard InChI is InChI=1S/C12H19NO3/c1-8-6-9(15-4)7-10(16-5)11(8)12(14)13(2)3/h6-7,12,14H,1-5H3. The summed E-state index contributed by atoms with van der Waals surface area (Å²) in [6, 6.07) is 3.65. The predicted octanol–water partition coefficient (Wildman–Crippen LogP) is 1.56. The van der Waals surface area contributed by atoms with Crippen molar-refractivity contribution in [2.45, 2.75) is 13.2 Å². The highest BCUT2D eigenvalue weighted by molar-refractivity contribution is 5.47. The lowest BCUT2D eigenvalue weighted by atomic mass is 10.0. The molecule has 1 atom stereocenters. The van der Waals surface area contributed by atoms with Crippen molar-refractivity contribution in [3.05, 3.63) is 23.3 Å². The minimum Gasteiger partial charge on any atom is -0.497 e. The molecule has 0 fully saturated rings. The molecule has 0 heterocycles. The third kappa shape index (κ3) is 2.46. The van der Waals surface area contributed by atoms with E-state index in [1.807, 2.05) is 27.1 Å². The molecule has 4 nitrogen and oxygen atoms in total. The van der Waals surface area contributed by atoms with E-state index in [1.165, 1.54) is 0 Å². The Hall–Kier alpha value is -1.26. The molecule has 0 saturated heterocycles. The molecule has 4 heteroatoms. The quantitative estimate of drug-likeness (QED) is 0.790. The molecule has 0 bridgehead atoms. The molecule has 1 unspecified atom stereocenters. The van der Waals surface area contributed by atoms with Gasteiger partial charge < -0.3 is 14.6 Å². The highest BCUT2D eigenvalue weighted by Crippen LogP contribution is 2.33. The van der Waals surface area contributed by atoms with Gasteiger partial charge in [0.1, 0.15) is 17.7 Å². The first-order valence-electron chi connectivity index (χ1n) is 5.08. The fourth-order valence-electron chi connectivity index (χ4n) is 1.61. The van der Waals surface area contributed by atoms with Crippen LogP contribution in [0.15, 0.2) is 12.1 Å². The van der Waals surface area contributed by atoms with Gasteiger partial charge in [0.05, 0.1) is 14.2 Å². The summed E-state index contributed by atoms with van der Waals surface area (Å²) in [6.45, 7) is 1.92. The lowest BCUT2D eigenvalue weighted by molar-refractivity contribution is 0.0368. The van der Waals surface area contributed by atoms with Crippen LogP contribution in [-0.2, 0) is 0 Å². The minimum atomic E-state index is -0.680. The van der Waals surface area contributed by atoms with E-state index in [9.17, 15) is 5.11 Å². The van der Waals surface area contributed by atoms with Gasteiger partial charge in [-0.15, -0.1) is 0 Å². The van der Waals surface area contributed by atoms with Crippen molar-refractivity contribution < 1.29 is 14.6 Å². The first-order chi connectivity index (χ1) is 7.51. The Labute approximate surface area is 96.4 Å². The second kappa shape index (κ2) is 5.18. The highest BCUT2D eigenvalue weighted by Gasteiger charge is 2.19. The summed E-state index contributed by atoms with van der Waals surface area (Å²) in [5, 5.41) is 10.1.